The number of nitriles is 1. The maximum Gasteiger partial charge on any atom is 0.339 e. The van der Waals surface area contributed by atoms with Crippen molar-refractivity contribution in [3.63, 3.8) is 0 Å². The molecule has 74 valence electrons. The number of carboxylic acids is 1. The number of aryl methyl sites for hydroxylation is 1. The zero-order valence-electron chi connectivity index (χ0n) is 7.94. The van der Waals surface area contributed by atoms with E-state index in [0.717, 1.165) is 0 Å². The number of carbonyl (C=O) groups is 1. The topological polar surface area (TPSA) is 74.2 Å². The fraction of sp³-hybridized carbons (Fsp3) is 0.0909. The second-order valence-corrected chi connectivity index (χ2v) is 3.16. The molecule has 1 heterocycles. The fourth-order valence-electron chi connectivity index (χ4n) is 1.56. The van der Waals surface area contributed by atoms with Crippen LogP contribution in [0, 0.1) is 18.3 Å². The molecule has 0 saturated heterocycles. The highest BCUT2D eigenvalue weighted by Crippen LogP contribution is 2.26. The van der Waals surface area contributed by atoms with Crippen LogP contribution < -0.4 is 0 Å². The van der Waals surface area contributed by atoms with Crippen LogP contribution in [0.1, 0.15) is 21.7 Å². The number of hydrogen-bond acceptors (Lipinski definition) is 3. The molecule has 1 N–H and O–H groups in total. The first-order valence-corrected chi connectivity index (χ1v) is 4.30. The molecule has 15 heavy (non-hydrogen) atoms. The third-order valence-corrected chi connectivity index (χ3v) is 2.21. The minimum absolute atomic E-state index is 0.127. The van der Waals surface area contributed by atoms with Gasteiger partial charge in [-0.05, 0) is 25.1 Å². The Bertz CT molecular complexity index is 590. The van der Waals surface area contributed by atoms with Crippen LogP contribution in [0.3, 0.4) is 0 Å². The Morgan fingerprint density at radius 1 is 1.53 bits per heavy atom. The number of rotatable bonds is 1. The van der Waals surface area contributed by atoms with Crippen molar-refractivity contribution in [1.29, 1.82) is 5.26 Å². The molecular formula is C11H7NO3. The number of carboxylic acid groups (broad SMARTS) is 1. The van der Waals surface area contributed by atoms with E-state index in [1.807, 2.05) is 6.07 Å². The molecule has 0 aliphatic rings. The molecule has 0 fully saturated rings. The first kappa shape index (κ1) is 9.28. The van der Waals surface area contributed by atoms with Gasteiger partial charge in [0.25, 0.3) is 0 Å². The lowest BCUT2D eigenvalue weighted by Gasteiger charge is -1.91. The molecule has 4 heteroatoms. The number of aromatic carboxylic acids is 1. The van der Waals surface area contributed by atoms with E-state index in [2.05, 4.69) is 0 Å². The van der Waals surface area contributed by atoms with Gasteiger partial charge in [-0.15, -0.1) is 0 Å². The van der Waals surface area contributed by atoms with Crippen LogP contribution in [0.15, 0.2) is 22.6 Å². The highest BCUT2D eigenvalue weighted by atomic mass is 16.4. The van der Waals surface area contributed by atoms with Crippen LogP contribution in [0.2, 0.25) is 0 Å². The summed E-state index contributed by atoms with van der Waals surface area (Å²) in [5.41, 5.74) is 1.04. The maximum absolute atomic E-state index is 11.0. The highest BCUT2D eigenvalue weighted by molar-refractivity contribution is 6.03. The Kier molecular flexibility index (Phi) is 1.94. The lowest BCUT2D eigenvalue weighted by Crippen LogP contribution is -1.96. The molecule has 1 aromatic carbocycles. The summed E-state index contributed by atoms with van der Waals surface area (Å²) in [7, 11) is 0. The van der Waals surface area contributed by atoms with Crippen molar-refractivity contribution in [2.75, 3.05) is 0 Å². The Labute approximate surface area is 85.4 Å². The zero-order chi connectivity index (χ0) is 11.0. The van der Waals surface area contributed by atoms with E-state index in [4.69, 9.17) is 14.8 Å². The van der Waals surface area contributed by atoms with E-state index in [0.29, 0.717) is 22.3 Å². The van der Waals surface area contributed by atoms with E-state index >= 15 is 0 Å². The number of fused-ring (bicyclic) bond motifs is 1. The summed E-state index contributed by atoms with van der Waals surface area (Å²) in [5.74, 6) is -0.686. The molecule has 0 unspecified atom stereocenters. The van der Waals surface area contributed by atoms with E-state index in [1.165, 1.54) is 6.07 Å². The summed E-state index contributed by atoms with van der Waals surface area (Å²) in [6.07, 6.45) is 0. The predicted molar refractivity (Wildman–Crippen MR) is 52.6 cm³/mol. The molecule has 0 bridgehead atoms. The summed E-state index contributed by atoms with van der Waals surface area (Å²) in [6.45, 7) is 1.59. The van der Waals surface area contributed by atoms with E-state index in [-0.39, 0.29) is 5.56 Å². The van der Waals surface area contributed by atoms with Crippen molar-refractivity contribution < 1.29 is 14.3 Å². The lowest BCUT2D eigenvalue weighted by molar-refractivity contribution is 0.0697. The van der Waals surface area contributed by atoms with Gasteiger partial charge in [0, 0.05) is 5.39 Å². The first-order valence-electron chi connectivity index (χ1n) is 4.30. The van der Waals surface area contributed by atoms with Crippen molar-refractivity contribution in [3.05, 3.63) is 35.1 Å². The number of hydrogen-bond donors (Lipinski definition) is 1. The third-order valence-electron chi connectivity index (χ3n) is 2.21. The summed E-state index contributed by atoms with van der Waals surface area (Å²) < 4.78 is 5.27. The Hall–Kier alpha value is -2.28. The van der Waals surface area contributed by atoms with E-state index in [9.17, 15) is 4.79 Å². The number of benzene rings is 1. The summed E-state index contributed by atoms with van der Waals surface area (Å²) in [6, 6.07) is 6.68. The molecule has 0 aliphatic heterocycles. The molecule has 0 atom stereocenters. The zero-order valence-corrected chi connectivity index (χ0v) is 7.94. The molecule has 0 spiro atoms. The standard InChI is InChI=1S/C11H7NO3/c1-6-10(11(13)14)8-4-7(5-12)2-3-9(8)15-6/h2-4H,1H3,(H,13,14). The summed E-state index contributed by atoms with van der Waals surface area (Å²) >= 11 is 0. The van der Waals surface area contributed by atoms with E-state index in [1.54, 1.807) is 19.1 Å². The summed E-state index contributed by atoms with van der Waals surface area (Å²) in [5, 5.41) is 18.1. The van der Waals surface area contributed by atoms with Crippen LogP contribution >= 0.6 is 0 Å². The summed E-state index contributed by atoms with van der Waals surface area (Å²) in [4.78, 5) is 11.0. The van der Waals surface area contributed by atoms with Gasteiger partial charge in [0.15, 0.2) is 0 Å². The molecule has 0 amide bonds. The van der Waals surface area contributed by atoms with Gasteiger partial charge in [-0.25, -0.2) is 4.79 Å². The molecule has 2 aromatic rings. The van der Waals surface area contributed by atoms with Gasteiger partial charge >= 0.3 is 5.97 Å². The SMILES string of the molecule is Cc1oc2ccc(C#N)cc2c1C(=O)O. The fourth-order valence-corrected chi connectivity index (χ4v) is 1.56. The third kappa shape index (κ3) is 1.34. The van der Waals surface area contributed by atoms with Gasteiger partial charge in [0.1, 0.15) is 16.9 Å². The lowest BCUT2D eigenvalue weighted by atomic mass is 10.1. The second-order valence-electron chi connectivity index (χ2n) is 3.16. The van der Waals surface area contributed by atoms with Gasteiger partial charge < -0.3 is 9.52 Å². The van der Waals surface area contributed by atoms with Gasteiger partial charge in [0.2, 0.25) is 0 Å². The molecule has 0 aliphatic carbocycles. The molecule has 1 aromatic heterocycles. The Morgan fingerprint density at radius 3 is 2.87 bits per heavy atom. The quantitative estimate of drug-likeness (QED) is 0.768. The van der Waals surface area contributed by atoms with Crippen molar-refractivity contribution in [1.82, 2.24) is 0 Å². The molecule has 4 nitrogen and oxygen atoms in total. The average Bonchev–Trinajstić information content (AvgIpc) is 2.52. The molecule has 0 radical (unpaired) electrons. The van der Waals surface area contributed by atoms with Crippen molar-refractivity contribution in [2.24, 2.45) is 0 Å². The van der Waals surface area contributed by atoms with E-state index < -0.39 is 5.97 Å². The predicted octanol–water partition coefficient (Wildman–Crippen LogP) is 2.31. The smallest absolute Gasteiger partial charge is 0.339 e. The van der Waals surface area contributed by atoms with Crippen LogP contribution in [-0.4, -0.2) is 11.1 Å². The van der Waals surface area contributed by atoms with Crippen LogP contribution in [0.25, 0.3) is 11.0 Å². The van der Waals surface area contributed by atoms with Crippen LogP contribution in [0.4, 0.5) is 0 Å². The largest absolute Gasteiger partial charge is 0.478 e. The van der Waals surface area contributed by atoms with Crippen LogP contribution in [0.5, 0.6) is 0 Å². The molecule has 2 rings (SSSR count). The van der Waals surface area contributed by atoms with Crippen molar-refractivity contribution >= 4 is 16.9 Å². The normalized spacial score (nSPS) is 10.1. The minimum atomic E-state index is -1.04. The number of nitrogens with zero attached hydrogens (tertiary/aromatic N) is 1. The monoisotopic (exact) mass is 201 g/mol. The van der Waals surface area contributed by atoms with Gasteiger partial charge in [-0.3, -0.25) is 0 Å². The minimum Gasteiger partial charge on any atom is -0.478 e. The maximum atomic E-state index is 11.0. The Morgan fingerprint density at radius 2 is 2.27 bits per heavy atom. The average molecular weight is 201 g/mol. The van der Waals surface area contributed by atoms with Gasteiger partial charge in [-0.1, -0.05) is 0 Å². The van der Waals surface area contributed by atoms with Gasteiger partial charge in [0.05, 0.1) is 11.6 Å². The van der Waals surface area contributed by atoms with Crippen molar-refractivity contribution in [3.8, 4) is 6.07 Å². The Balaban J connectivity index is 2.85. The highest BCUT2D eigenvalue weighted by Gasteiger charge is 2.17. The molecular weight excluding hydrogens is 194 g/mol. The first-order chi connectivity index (χ1) is 7.13. The second kappa shape index (κ2) is 3.14. The molecule has 0 saturated carbocycles. The van der Waals surface area contributed by atoms with Crippen molar-refractivity contribution in [2.45, 2.75) is 6.92 Å². The van der Waals surface area contributed by atoms with Gasteiger partial charge in [-0.2, -0.15) is 5.26 Å². The number of furan rings is 1. The van der Waals surface area contributed by atoms with Crippen LogP contribution in [-0.2, 0) is 0 Å².